The average Bonchev–Trinajstić information content (AvgIpc) is 2.37. The predicted molar refractivity (Wildman–Crippen MR) is 74.7 cm³/mol. The highest BCUT2D eigenvalue weighted by Gasteiger charge is 2.17. The first-order valence-electron chi connectivity index (χ1n) is 5.71. The van der Waals surface area contributed by atoms with E-state index in [1.54, 1.807) is 30.2 Å². The summed E-state index contributed by atoms with van der Waals surface area (Å²) in [5, 5.41) is 0.596. The second-order valence-electron chi connectivity index (χ2n) is 3.89. The minimum atomic E-state index is -0.0623. The lowest BCUT2D eigenvalue weighted by molar-refractivity contribution is 0.0707. The maximum atomic E-state index is 12.4. The normalized spacial score (nSPS) is 10.4. The van der Waals surface area contributed by atoms with Gasteiger partial charge in [0.2, 0.25) is 0 Å². The fourth-order valence-corrected chi connectivity index (χ4v) is 2.01. The van der Waals surface area contributed by atoms with Gasteiger partial charge in [-0.1, -0.05) is 17.7 Å². The molecule has 100 valence electrons. The fourth-order valence-electron chi connectivity index (χ4n) is 1.63. The van der Waals surface area contributed by atoms with E-state index in [-0.39, 0.29) is 5.91 Å². The molecule has 5 heteroatoms. The predicted octanol–water partition coefficient (Wildman–Crippen LogP) is 2.98. The van der Waals surface area contributed by atoms with Gasteiger partial charge in [-0.2, -0.15) is 0 Å². The second kappa shape index (κ2) is 7.62. The van der Waals surface area contributed by atoms with Crippen molar-refractivity contribution in [2.24, 2.45) is 0 Å². The average molecular weight is 290 g/mol. The number of hydrogen-bond donors (Lipinski definition) is 0. The molecule has 0 N–H and O–H groups in total. The molecule has 0 aliphatic heterocycles. The Kier molecular flexibility index (Phi) is 6.47. The lowest BCUT2D eigenvalue weighted by Gasteiger charge is -2.22. The van der Waals surface area contributed by atoms with Gasteiger partial charge in [-0.3, -0.25) is 4.79 Å². The van der Waals surface area contributed by atoms with Gasteiger partial charge in [-0.25, -0.2) is 0 Å². The Hall–Kier alpha value is -0.770. The molecule has 0 atom stereocenters. The Morgan fingerprint density at radius 3 is 2.72 bits per heavy atom. The molecule has 0 aliphatic carbocycles. The summed E-state index contributed by atoms with van der Waals surface area (Å²) in [6.45, 7) is 3.34. The van der Waals surface area contributed by atoms with Gasteiger partial charge in [-0.15, -0.1) is 11.6 Å². The maximum absolute atomic E-state index is 12.4. The summed E-state index contributed by atoms with van der Waals surface area (Å²) in [6.07, 6.45) is 0. The summed E-state index contributed by atoms with van der Waals surface area (Å²) in [6, 6.07) is 5.32. The van der Waals surface area contributed by atoms with Crippen molar-refractivity contribution >= 4 is 29.1 Å². The van der Waals surface area contributed by atoms with Crippen molar-refractivity contribution in [3.63, 3.8) is 0 Å². The molecule has 1 amide bonds. The van der Waals surface area contributed by atoms with E-state index >= 15 is 0 Å². The van der Waals surface area contributed by atoms with Gasteiger partial charge in [0.1, 0.15) is 0 Å². The zero-order valence-corrected chi connectivity index (χ0v) is 12.1. The SMILES string of the molecule is COCCN(CCCl)C(=O)c1cccc(Cl)c1C. The highest BCUT2D eigenvalue weighted by molar-refractivity contribution is 6.31. The Balaban J connectivity index is 2.90. The van der Waals surface area contributed by atoms with Gasteiger partial charge in [0, 0.05) is 36.7 Å². The summed E-state index contributed by atoms with van der Waals surface area (Å²) in [5.74, 6) is 0.336. The number of nitrogens with zero attached hydrogens (tertiary/aromatic N) is 1. The van der Waals surface area contributed by atoms with Crippen LogP contribution in [0.15, 0.2) is 18.2 Å². The van der Waals surface area contributed by atoms with Crippen molar-refractivity contribution in [1.82, 2.24) is 4.90 Å². The molecule has 18 heavy (non-hydrogen) atoms. The van der Waals surface area contributed by atoms with Crippen LogP contribution >= 0.6 is 23.2 Å². The van der Waals surface area contributed by atoms with Crippen molar-refractivity contribution in [3.05, 3.63) is 34.3 Å². The van der Waals surface area contributed by atoms with Crippen LogP contribution in [0.4, 0.5) is 0 Å². The zero-order chi connectivity index (χ0) is 13.5. The topological polar surface area (TPSA) is 29.5 Å². The monoisotopic (exact) mass is 289 g/mol. The van der Waals surface area contributed by atoms with Gasteiger partial charge in [-0.05, 0) is 24.6 Å². The third kappa shape index (κ3) is 3.87. The number of benzene rings is 1. The lowest BCUT2D eigenvalue weighted by atomic mass is 10.1. The molecule has 0 spiro atoms. The van der Waals surface area contributed by atoms with E-state index in [9.17, 15) is 4.79 Å². The van der Waals surface area contributed by atoms with E-state index in [1.165, 1.54) is 0 Å². The zero-order valence-electron chi connectivity index (χ0n) is 10.6. The Labute approximate surface area is 118 Å². The molecular formula is C13H17Cl2NO2. The van der Waals surface area contributed by atoms with Crippen LogP contribution in [-0.2, 0) is 4.74 Å². The van der Waals surface area contributed by atoms with Gasteiger partial charge in [0.25, 0.3) is 5.91 Å². The van der Waals surface area contributed by atoms with E-state index in [0.717, 1.165) is 5.56 Å². The molecule has 1 aromatic rings. The molecule has 0 heterocycles. The molecule has 0 saturated heterocycles. The standard InChI is InChI=1S/C13H17Cl2NO2/c1-10-11(4-3-5-12(10)15)13(17)16(7-6-14)8-9-18-2/h3-5H,6-9H2,1-2H3. The van der Waals surface area contributed by atoms with Gasteiger partial charge < -0.3 is 9.64 Å². The lowest BCUT2D eigenvalue weighted by Crippen LogP contribution is -2.35. The highest BCUT2D eigenvalue weighted by atomic mass is 35.5. The molecule has 1 aromatic carbocycles. The molecule has 0 saturated carbocycles. The largest absolute Gasteiger partial charge is 0.383 e. The molecule has 0 bridgehead atoms. The number of ether oxygens (including phenoxy) is 1. The number of carbonyl (C=O) groups excluding carboxylic acids is 1. The molecule has 0 aliphatic rings. The van der Waals surface area contributed by atoms with Crippen molar-refractivity contribution in [1.29, 1.82) is 0 Å². The van der Waals surface area contributed by atoms with Gasteiger partial charge in [0.15, 0.2) is 0 Å². The first-order valence-corrected chi connectivity index (χ1v) is 6.62. The number of halogens is 2. The van der Waals surface area contributed by atoms with Crippen LogP contribution in [-0.4, -0.2) is 43.5 Å². The number of alkyl halides is 1. The summed E-state index contributed by atoms with van der Waals surface area (Å²) < 4.78 is 5.00. The summed E-state index contributed by atoms with van der Waals surface area (Å²) in [5.41, 5.74) is 1.41. The second-order valence-corrected chi connectivity index (χ2v) is 4.67. The summed E-state index contributed by atoms with van der Waals surface area (Å²) in [7, 11) is 1.61. The van der Waals surface area contributed by atoms with E-state index in [4.69, 9.17) is 27.9 Å². The highest BCUT2D eigenvalue weighted by Crippen LogP contribution is 2.20. The number of methoxy groups -OCH3 is 1. The molecule has 0 aromatic heterocycles. The number of hydrogen-bond acceptors (Lipinski definition) is 2. The third-order valence-electron chi connectivity index (χ3n) is 2.71. The Bertz CT molecular complexity index is 410. The fraction of sp³-hybridized carbons (Fsp3) is 0.462. The van der Waals surface area contributed by atoms with Crippen molar-refractivity contribution in [3.8, 4) is 0 Å². The van der Waals surface area contributed by atoms with E-state index in [2.05, 4.69) is 0 Å². The minimum Gasteiger partial charge on any atom is -0.383 e. The van der Waals surface area contributed by atoms with Crippen LogP contribution in [0.1, 0.15) is 15.9 Å². The van der Waals surface area contributed by atoms with Crippen molar-refractivity contribution < 1.29 is 9.53 Å². The van der Waals surface area contributed by atoms with Crippen molar-refractivity contribution in [2.45, 2.75) is 6.92 Å². The van der Waals surface area contributed by atoms with Crippen LogP contribution in [0.25, 0.3) is 0 Å². The summed E-state index contributed by atoms with van der Waals surface area (Å²) >= 11 is 11.7. The molecule has 1 rings (SSSR count). The van der Waals surface area contributed by atoms with Crippen LogP contribution < -0.4 is 0 Å². The third-order valence-corrected chi connectivity index (χ3v) is 3.28. The van der Waals surface area contributed by atoms with Crippen LogP contribution in [0.3, 0.4) is 0 Å². The number of rotatable bonds is 6. The van der Waals surface area contributed by atoms with Gasteiger partial charge >= 0.3 is 0 Å². The van der Waals surface area contributed by atoms with Gasteiger partial charge in [0.05, 0.1) is 6.61 Å². The van der Waals surface area contributed by atoms with Crippen LogP contribution in [0.2, 0.25) is 5.02 Å². The van der Waals surface area contributed by atoms with E-state index in [0.29, 0.717) is 36.2 Å². The summed E-state index contributed by atoms with van der Waals surface area (Å²) in [4.78, 5) is 14.0. The Morgan fingerprint density at radius 2 is 2.11 bits per heavy atom. The number of amides is 1. The van der Waals surface area contributed by atoms with Crippen molar-refractivity contribution in [2.75, 3.05) is 32.7 Å². The van der Waals surface area contributed by atoms with Crippen LogP contribution in [0, 0.1) is 6.92 Å². The van der Waals surface area contributed by atoms with E-state index in [1.807, 2.05) is 6.92 Å². The molecular weight excluding hydrogens is 273 g/mol. The van der Waals surface area contributed by atoms with E-state index < -0.39 is 0 Å². The first-order chi connectivity index (χ1) is 8.61. The molecule has 0 fully saturated rings. The minimum absolute atomic E-state index is 0.0623. The quantitative estimate of drug-likeness (QED) is 0.754. The molecule has 0 radical (unpaired) electrons. The first kappa shape index (κ1) is 15.3. The Morgan fingerprint density at radius 1 is 1.39 bits per heavy atom. The molecule has 0 unspecified atom stereocenters. The smallest absolute Gasteiger partial charge is 0.254 e. The van der Waals surface area contributed by atoms with Crippen LogP contribution in [0.5, 0.6) is 0 Å². The maximum Gasteiger partial charge on any atom is 0.254 e. The molecule has 3 nitrogen and oxygen atoms in total. The number of carbonyl (C=O) groups is 1.